The first kappa shape index (κ1) is 15.5. The van der Waals surface area contributed by atoms with E-state index in [1.165, 1.54) is 0 Å². The molecule has 1 aliphatic heterocycles. The average Bonchev–Trinajstić information content (AvgIpc) is 2.96. The average molecular weight is 299 g/mol. The first-order valence-electron chi connectivity index (χ1n) is 7.42. The third-order valence-corrected chi connectivity index (χ3v) is 5.89. The van der Waals surface area contributed by atoms with Gasteiger partial charge in [-0.2, -0.15) is 0 Å². The van der Waals surface area contributed by atoms with Crippen LogP contribution >= 0.6 is 0 Å². The molecule has 1 N–H and O–H groups in total. The highest BCUT2D eigenvalue weighted by atomic mass is 32.2. The maximum absolute atomic E-state index is 11.7. The van der Waals surface area contributed by atoms with Crippen LogP contribution in [0.5, 0.6) is 0 Å². The molecule has 2 rings (SSSR count). The Labute approximate surface area is 121 Å². The molecule has 1 saturated heterocycles. The summed E-state index contributed by atoms with van der Waals surface area (Å²) >= 11 is 0. The molecule has 0 amide bonds. The Kier molecular flexibility index (Phi) is 5.21. The van der Waals surface area contributed by atoms with E-state index in [4.69, 9.17) is 0 Å². The maximum atomic E-state index is 11.7. The maximum Gasteiger partial charge on any atom is 0.150 e. The first-order valence-corrected chi connectivity index (χ1v) is 9.24. The predicted molar refractivity (Wildman–Crippen MR) is 80.4 cm³/mol. The van der Waals surface area contributed by atoms with Gasteiger partial charge in [0.05, 0.1) is 11.5 Å². The lowest BCUT2D eigenvalue weighted by Gasteiger charge is -2.23. The van der Waals surface area contributed by atoms with Gasteiger partial charge in [0.1, 0.15) is 5.82 Å². The van der Waals surface area contributed by atoms with E-state index in [2.05, 4.69) is 17.2 Å². The second-order valence-corrected chi connectivity index (χ2v) is 7.95. The number of hydrogen-bond donors (Lipinski definition) is 1. The van der Waals surface area contributed by atoms with Crippen LogP contribution in [0.25, 0.3) is 0 Å². The lowest BCUT2D eigenvalue weighted by molar-refractivity contribution is 0.359. The molecule has 1 aliphatic rings. The molecule has 0 radical (unpaired) electrons. The van der Waals surface area contributed by atoms with E-state index < -0.39 is 9.84 Å². The van der Waals surface area contributed by atoms with E-state index in [0.717, 1.165) is 38.1 Å². The van der Waals surface area contributed by atoms with Crippen LogP contribution in [0.3, 0.4) is 0 Å². The van der Waals surface area contributed by atoms with Gasteiger partial charge in [0, 0.05) is 31.9 Å². The fourth-order valence-corrected chi connectivity index (χ4v) is 4.78. The van der Waals surface area contributed by atoms with E-state index >= 15 is 0 Å². The van der Waals surface area contributed by atoms with Crippen molar-refractivity contribution in [1.29, 1.82) is 0 Å². The lowest BCUT2D eigenvalue weighted by Crippen LogP contribution is -2.38. The molecule has 2 atom stereocenters. The van der Waals surface area contributed by atoms with Gasteiger partial charge in [0.15, 0.2) is 9.84 Å². The number of aromatic nitrogens is 2. The van der Waals surface area contributed by atoms with Crippen molar-refractivity contribution in [3.63, 3.8) is 0 Å². The molecule has 0 aliphatic carbocycles. The molecule has 5 nitrogen and oxygen atoms in total. The summed E-state index contributed by atoms with van der Waals surface area (Å²) < 4.78 is 25.4. The van der Waals surface area contributed by atoms with Gasteiger partial charge in [-0.15, -0.1) is 0 Å². The minimum Gasteiger partial charge on any atom is -0.338 e. The quantitative estimate of drug-likeness (QED) is 0.820. The Morgan fingerprint density at radius 3 is 2.90 bits per heavy atom. The summed E-state index contributed by atoms with van der Waals surface area (Å²) in [6.07, 6.45) is 7.46. The van der Waals surface area contributed by atoms with E-state index in [1.807, 2.05) is 24.0 Å². The summed E-state index contributed by atoms with van der Waals surface area (Å²) in [5.74, 6) is 2.01. The summed E-state index contributed by atoms with van der Waals surface area (Å²) in [5, 5.41) is 3.53. The third kappa shape index (κ3) is 4.06. The summed E-state index contributed by atoms with van der Waals surface area (Å²) in [6.45, 7) is 3.08. The molecule has 0 aromatic carbocycles. The van der Waals surface area contributed by atoms with Crippen LogP contribution in [-0.2, 0) is 23.3 Å². The summed E-state index contributed by atoms with van der Waals surface area (Å²) in [4.78, 5) is 4.34. The molecule has 114 valence electrons. The van der Waals surface area contributed by atoms with Crippen LogP contribution in [0.1, 0.15) is 32.0 Å². The number of nitrogens with zero attached hydrogens (tertiary/aromatic N) is 2. The third-order valence-electron chi connectivity index (χ3n) is 4.09. The lowest BCUT2D eigenvalue weighted by atomic mass is 9.94. The fourth-order valence-electron chi connectivity index (χ4n) is 2.90. The molecular weight excluding hydrogens is 274 g/mol. The minimum absolute atomic E-state index is 0.256. The number of hydrogen-bond acceptors (Lipinski definition) is 4. The smallest absolute Gasteiger partial charge is 0.150 e. The first-order chi connectivity index (χ1) is 9.52. The monoisotopic (exact) mass is 299 g/mol. The molecule has 0 spiro atoms. The number of aryl methyl sites for hydroxylation is 2. The largest absolute Gasteiger partial charge is 0.338 e. The highest BCUT2D eigenvalue weighted by Gasteiger charge is 2.33. The zero-order chi connectivity index (χ0) is 14.6. The van der Waals surface area contributed by atoms with Gasteiger partial charge in [-0.1, -0.05) is 6.92 Å². The molecule has 2 unspecified atom stereocenters. The molecule has 1 aromatic rings. The van der Waals surface area contributed by atoms with Gasteiger partial charge in [-0.25, -0.2) is 13.4 Å². The van der Waals surface area contributed by atoms with E-state index in [1.54, 1.807) is 0 Å². The SMILES string of the molecule is CCCNC(CCc1nccn1C)C1CCS(=O)(=O)C1. The zero-order valence-corrected chi connectivity index (χ0v) is 13.2. The van der Waals surface area contributed by atoms with Crippen molar-refractivity contribution in [2.24, 2.45) is 13.0 Å². The van der Waals surface area contributed by atoms with Crippen molar-refractivity contribution < 1.29 is 8.42 Å². The van der Waals surface area contributed by atoms with Crippen molar-refractivity contribution in [2.45, 2.75) is 38.6 Å². The highest BCUT2D eigenvalue weighted by Crippen LogP contribution is 2.24. The number of rotatable bonds is 7. The van der Waals surface area contributed by atoms with Crippen LogP contribution in [0.4, 0.5) is 0 Å². The Morgan fingerprint density at radius 2 is 2.35 bits per heavy atom. The molecular formula is C14H25N3O2S. The molecule has 2 heterocycles. The van der Waals surface area contributed by atoms with Crippen LogP contribution in [0, 0.1) is 5.92 Å². The Hall–Kier alpha value is -0.880. The minimum atomic E-state index is -2.81. The van der Waals surface area contributed by atoms with Gasteiger partial charge < -0.3 is 9.88 Å². The van der Waals surface area contributed by atoms with E-state index in [0.29, 0.717) is 11.5 Å². The zero-order valence-electron chi connectivity index (χ0n) is 12.4. The molecule has 1 fully saturated rings. The van der Waals surface area contributed by atoms with Crippen molar-refractivity contribution >= 4 is 9.84 Å². The van der Waals surface area contributed by atoms with Crippen molar-refractivity contribution in [3.05, 3.63) is 18.2 Å². The summed E-state index contributed by atoms with van der Waals surface area (Å²) in [7, 11) is -0.810. The van der Waals surface area contributed by atoms with Gasteiger partial charge in [-0.05, 0) is 31.7 Å². The van der Waals surface area contributed by atoms with Crippen molar-refractivity contribution in [3.8, 4) is 0 Å². The van der Waals surface area contributed by atoms with Gasteiger partial charge in [0.2, 0.25) is 0 Å². The molecule has 0 saturated carbocycles. The summed E-state index contributed by atoms with van der Waals surface area (Å²) in [5.41, 5.74) is 0. The molecule has 20 heavy (non-hydrogen) atoms. The number of sulfone groups is 1. The van der Waals surface area contributed by atoms with Gasteiger partial charge in [-0.3, -0.25) is 0 Å². The van der Waals surface area contributed by atoms with Crippen LogP contribution in [0.2, 0.25) is 0 Å². The fraction of sp³-hybridized carbons (Fsp3) is 0.786. The second-order valence-electron chi connectivity index (χ2n) is 5.72. The number of imidazole rings is 1. The second kappa shape index (κ2) is 6.72. The Balaban J connectivity index is 1.95. The van der Waals surface area contributed by atoms with Crippen LogP contribution in [0.15, 0.2) is 12.4 Å². The standard InChI is InChI=1S/C14H25N3O2S/c1-3-7-15-13(12-6-10-20(18,19)11-12)4-5-14-16-8-9-17(14)2/h8-9,12-13,15H,3-7,10-11H2,1-2H3. The van der Waals surface area contributed by atoms with Crippen molar-refractivity contribution in [2.75, 3.05) is 18.1 Å². The Morgan fingerprint density at radius 1 is 1.55 bits per heavy atom. The molecule has 6 heteroatoms. The topological polar surface area (TPSA) is 64.0 Å². The van der Waals surface area contributed by atoms with Gasteiger partial charge in [0.25, 0.3) is 0 Å². The van der Waals surface area contributed by atoms with Crippen molar-refractivity contribution in [1.82, 2.24) is 14.9 Å². The molecule has 1 aromatic heterocycles. The van der Waals surface area contributed by atoms with Crippen LogP contribution in [-0.4, -0.2) is 42.1 Å². The summed E-state index contributed by atoms with van der Waals surface area (Å²) in [6, 6.07) is 0.281. The highest BCUT2D eigenvalue weighted by molar-refractivity contribution is 7.91. The Bertz CT molecular complexity index is 524. The van der Waals surface area contributed by atoms with E-state index in [-0.39, 0.29) is 12.0 Å². The van der Waals surface area contributed by atoms with Crippen LogP contribution < -0.4 is 5.32 Å². The number of nitrogens with one attached hydrogen (secondary N) is 1. The predicted octanol–water partition coefficient (Wildman–Crippen LogP) is 1.16. The van der Waals surface area contributed by atoms with E-state index in [9.17, 15) is 8.42 Å². The van der Waals surface area contributed by atoms with Gasteiger partial charge >= 0.3 is 0 Å². The normalized spacial score (nSPS) is 23.0. The molecule has 0 bridgehead atoms.